The molecule has 32 heavy (non-hydrogen) atoms. The van der Waals surface area contributed by atoms with Gasteiger partial charge in [0.25, 0.3) is 0 Å². The van der Waals surface area contributed by atoms with E-state index in [1.807, 2.05) is 0 Å². The molecule has 0 aromatic carbocycles. The van der Waals surface area contributed by atoms with Crippen LogP contribution in [0.4, 0.5) is 10.5 Å². The van der Waals surface area contributed by atoms with Gasteiger partial charge in [0.2, 0.25) is 5.88 Å². The molecule has 2 aromatic rings. The molecule has 2 aromatic heterocycles. The zero-order chi connectivity index (χ0) is 22.1. The fourth-order valence-corrected chi connectivity index (χ4v) is 6.28. The minimum absolute atomic E-state index is 0.115. The van der Waals surface area contributed by atoms with Crippen molar-refractivity contribution in [2.45, 2.75) is 67.9 Å². The molecular weight excluding hydrogens is 432 g/mol. The van der Waals surface area contributed by atoms with E-state index in [1.165, 1.54) is 10.9 Å². The Morgan fingerprint density at radius 3 is 2.97 bits per heavy atom. The molecule has 3 heterocycles. The third-order valence-electron chi connectivity index (χ3n) is 7.18. The Labute approximate surface area is 186 Å². The number of rotatable bonds is 3. The molecule has 6 rings (SSSR count). The zero-order valence-electron chi connectivity index (χ0n) is 17.9. The van der Waals surface area contributed by atoms with Gasteiger partial charge in [-0.15, -0.1) is 4.36 Å². The second kappa shape index (κ2) is 7.00. The molecule has 3 aliphatic carbocycles. The van der Waals surface area contributed by atoms with Gasteiger partial charge < -0.3 is 14.8 Å². The van der Waals surface area contributed by atoms with E-state index in [-0.39, 0.29) is 28.9 Å². The first-order valence-corrected chi connectivity index (χ1v) is 12.6. The Balaban J connectivity index is 1.33. The maximum absolute atomic E-state index is 13.2. The summed E-state index contributed by atoms with van der Waals surface area (Å²) in [6.45, 7) is 0.735. The standard InChI is InChI=1S/C21H26N6O4S/c1-30-12-10-27-19(31-11-12)16(9-23-27)32(22,29)26-20(28)25-17-13-3-2-4-15(13)24-18-14(17)5-6-21(18)7-8-21/h9,12H,2-8,10-11H2,1H3,(H3,22,24,25,26,28,29). The van der Waals surface area contributed by atoms with E-state index >= 15 is 0 Å². The summed E-state index contributed by atoms with van der Waals surface area (Å²) in [6.07, 6.45) is 8.32. The fourth-order valence-electron chi connectivity index (χ4n) is 5.27. The summed E-state index contributed by atoms with van der Waals surface area (Å²) in [5.41, 5.74) is 5.45. The molecule has 2 amide bonds. The van der Waals surface area contributed by atoms with Crippen molar-refractivity contribution in [3.05, 3.63) is 28.7 Å². The smallest absolute Gasteiger partial charge is 0.354 e. The summed E-state index contributed by atoms with van der Waals surface area (Å²) >= 11 is 0. The lowest BCUT2D eigenvalue weighted by Crippen LogP contribution is -2.32. The lowest BCUT2D eigenvalue weighted by Gasteiger charge is -2.23. The van der Waals surface area contributed by atoms with Crippen LogP contribution in [0, 0.1) is 0 Å². The van der Waals surface area contributed by atoms with Crippen LogP contribution in [0.2, 0.25) is 0 Å². The molecule has 3 N–H and O–H groups in total. The van der Waals surface area contributed by atoms with Crippen LogP contribution in [0.1, 0.15) is 48.2 Å². The molecule has 1 aliphatic heterocycles. The molecular formula is C21H26N6O4S. The number of amides is 2. The number of anilines is 1. The molecule has 0 saturated heterocycles. The van der Waals surface area contributed by atoms with Crippen LogP contribution in [-0.2, 0) is 45.9 Å². The number of nitrogens with two attached hydrogens (primary N) is 1. The summed E-state index contributed by atoms with van der Waals surface area (Å²) < 4.78 is 29.6. The highest BCUT2D eigenvalue weighted by Gasteiger charge is 2.51. The molecule has 4 aliphatic rings. The molecule has 1 saturated carbocycles. The van der Waals surface area contributed by atoms with E-state index in [0.717, 1.165) is 73.1 Å². The van der Waals surface area contributed by atoms with E-state index in [9.17, 15) is 9.00 Å². The monoisotopic (exact) mass is 458 g/mol. The van der Waals surface area contributed by atoms with E-state index in [4.69, 9.17) is 19.6 Å². The Morgan fingerprint density at radius 1 is 1.34 bits per heavy atom. The maximum atomic E-state index is 13.2. The van der Waals surface area contributed by atoms with E-state index in [1.54, 1.807) is 7.11 Å². The average Bonchev–Trinajstić information content (AvgIpc) is 3.10. The summed E-state index contributed by atoms with van der Waals surface area (Å²) in [6, 6.07) is -0.720. The summed E-state index contributed by atoms with van der Waals surface area (Å²) in [5.74, 6) is 0.267. The van der Waals surface area contributed by atoms with E-state index in [0.29, 0.717) is 6.54 Å². The highest BCUT2D eigenvalue weighted by atomic mass is 32.2. The van der Waals surface area contributed by atoms with Crippen LogP contribution in [0.3, 0.4) is 0 Å². The number of hydrogen-bond donors (Lipinski definition) is 2. The van der Waals surface area contributed by atoms with Crippen molar-refractivity contribution in [1.29, 1.82) is 0 Å². The highest BCUT2D eigenvalue weighted by molar-refractivity contribution is 7.91. The van der Waals surface area contributed by atoms with Crippen molar-refractivity contribution in [2.24, 2.45) is 9.50 Å². The number of methoxy groups -OCH3 is 1. The van der Waals surface area contributed by atoms with Crippen molar-refractivity contribution in [1.82, 2.24) is 14.8 Å². The van der Waals surface area contributed by atoms with Crippen molar-refractivity contribution < 1.29 is 18.5 Å². The number of ether oxygens (including phenoxy) is 2. The molecule has 10 nitrogen and oxygen atoms in total. The van der Waals surface area contributed by atoms with Crippen molar-refractivity contribution in [3.63, 3.8) is 0 Å². The molecule has 11 heteroatoms. The normalized spacial score (nSPS) is 23.6. The Hall–Kier alpha value is -2.50. The summed E-state index contributed by atoms with van der Waals surface area (Å²) in [4.78, 5) is 18.0. The first-order chi connectivity index (χ1) is 15.4. The predicted octanol–water partition coefficient (Wildman–Crippen LogP) is 2.08. The highest BCUT2D eigenvalue weighted by Crippen LogP contribution is 2.58. The number of hydrogen-bond acceptors (Lipinski definition) is 6. The van der Waals surface area contributed by atoms with Gasteiger partial charge in [0.15, 0.2) is 9.92 Å². The van der Waals surface area contributed by atoms with Gasteiger partial charge in [-0.25, -0.2) is 18.8 Å². The van der Waals surface area contributed by atoms with Gasteiger partial charge in [-0.05, 0) is 56.1 Å². The first-order valence-electron chi connectivity index (χ1n) is 11.0. The lowest BCUT2D eigenvalue weighted by atomic mass is 10.0. The van der Waals surface area contributed by atoms with Crippen molar-refractivity contribution >= 4 is 21.6 Å². The molecule has 1 spiro atoms. The number of nitrogens with one attached hydrogen (secondary N) is 1. The second-order valence-electron chi connectivity index (χ2n) is 9.13. The topological polar surface area (TPSA) is 134 Å². The van der Waals surface area contributed by atoms with Crippen LogP contribution in [0.5, 0.6) is 5.88 Å². The Morgan fingerprint density at radius 2 is 2.19 bits per heavy atom. The predicted molar refractivity (Wildman–Crippen MR) is 116 cm³/mol. The average molecular weight is 459 g/mol. The zero-order valence-corrected chi connectivity index (χ0v) is 18.7. The number of fused-ring (bicyclic) bond motifs is 4. The van der Waals surface area contributed by atoms with Gasteiger partial charge in [-0.1, -0.05) is 0 Å². The second-order valence-corrected chi connectivity index (χ2v) is 10.9. The van der Waals surface area contributed by atoms with Crippen molar-refractivity contribution in [2.75, 3.05) is 19.0 Å². The van der Waals surface area contributed by atoms with Crippen LogP contribution >= 0.6 is 0 Å². The largest absolute Gasteiger partial charge is 0.474 e. The van der Waals surface area contributed by atoms with Gasteiger partial charge in [0.05, 0.1) is 24.1 Å². The van der Waals surface area contributed by atoms with Crippen molar-refractivity contribution in [3.8, 4) is 5.88 Å². The molecule has 0 radical (unpaired) electrons. The third-order valence-corrected chi connectivity index (χ3v) is 8.52. The van der Waals surface area contributed by atoms with Gasteiger partial charge >= 0.3 is 6.03 Å². The number of carbonyl (C=O) groups is 1. The number of carbonyl (C=O) groups excluding carboxylic acids is 1. The van der Waals surface area contributed by atoms with Gasteiger partial charge in [0, 0.05) is 18.2 Å². The Kier molecular flexibility index (Phi) is 4.40. The first kappa shape index (κ1) is 20.1. The number of pyridine rings is 1. The summed E-state index contributed by atoms with van der Waals surface area (Å²) in [7, 11) is -1.95. The van der Waals surface area contributed by atoms with Gasteiger partial charge in [-0.3, -0.25) is 4.98 Å². The van der Waals surface area contributed by atoms with Crippen LogP contribution in [0.25, 0.3) is 0 Å². The quantitative estimate of drug-likeness (QED) is 0.723. The lowest BCUT2D eigenvalue weighted by molar-refractivity contribution is 0.0165. The van der Waals surface area contributed by atoms with Gasteiger partial charge in [-0.2, -0.15) is 5.10 Å². The van der Waals surface area contributed by atoms with Gasteiger partial charge in [0.1, 0.15) is 17.6 Å². The SMILES string of the molecule is COC1COc2c(S(N)(=O)=NC(=O)Nc3c4c(nc5c3CCC53CC3)CCC4)cnn2C1. The van der Waals surface area contributed by atoms with E-state index < -0.39 is 15.9 Å². The maximum Gasteiger partial charge on any atom is 0.354 e. The Bertz CT molecular complexity index is 1260. The number of urea groups is 1. The van der Waals surface area contributed by atoms with Crippen LogP contribution in [-0.4, -0.2) is 44.8 Å². The minimum atomic E-state index is -3.54. The molecule has 170 valence electrons. The minimum Gasteiger partial charge on any atom is -0.474 e. The fraction of sp³-hybridized carbons (Fsp3) is 0.571. The molecule has 2 unspecified atom stereocenters. The summed E-state index contributed by atoms with van der Waals surface area (Å²) in [5, 5.41) is 13.1. The molecule has 1 fully saturated rings. The number of aryl methyl sites for hydroxylation is 1. The number of nitrogens with zero attached hydrogens (tertiary/aromatic N) is 4. The molecule has 0 bridgehead atoms. The van der Waals surface area contributed by atoms with Crippen LogP contribution in [0.15, 0.2) is 15.5 Å². The van der Waals surface area contributed by atoms with E-state index in [2.05, 4.69) is 14.8 Å². The third kappa shape index (κ3) is 3.06. The number of aromatic nitrogens is 3. The van der Waals surface area contributed by atoms with Crippen LogP contribution < -0.4 is 15.2 Å². The molecule has 2 atom stereocenters.